The molecule has 5 heteroatoms. The normalized spacial score (nSPS) is 15.1. The van der Waals surface area contributed by atoms with Crippen LogP contribution in [0.25, 0.3) is 0 Å². The van der Waals surface area contributed by atoms with E-state index >= 15 is 0 Å². The molecule has 0 radical (unpaired) electrons. The molecule has 15 heavy (non-hydrogen) atoms. The van der Waals surface area contributed by atoms with Crippen LogP contribution in [-0.4, -0.2) is 13.1 Å². The van der Waals surface area contributed by atoms with E-state index in [-0.39, 0.29) is 11.5 Å². The van der Waals surface area contributed by atoms with Gasteiger partial charge in [-0.25, -0.2) is 4.79 Å². The van der Waals surface area contributed by atoms with Crippen molar-refractivity contribution in [3.63, 3.8) is 0 Å². The van der Waals surface area contributed by atoms with Gasteiger partial charge in [0, 0.05) is 5.92 Å². The minimum Gasteiger partial charge on any atom is -0.618 e. The summed E-state index contributed by atoms with van der Waals surface area (Å²) in [5.74, 6) is -0.300. The number of esters is 1. The number of carbonyl (C=O) groups excluding carboxylic acids is 1. The molecule has 0 aliphatic heterocycles. The molecule has 1 aromatic heterocycles. The number of halogens is 1. The first-order chi connectivity index (χ1) is 7.13. The maximum Gasteiger partial charge on any atom is 0.344 e. The van der Waals surface area contributed by atoms with Crippen LogP contribution in [0.1, 0.15) is 34.8 Å². The molecule has 0 aromatic carbocycles. The molecule has 0 bridgehead atoms. The highest BCUT2D eigenvalue weighted by atomic mass is 35.5. The van der Waals surface area contributed by atoms with Crippen LogP contribution in [0.4, 0.5) is 0 Å². The number of nitrogens with zero attached hydrogens (tertiary/aromatic N) is 1. The van der Waals surface area contributed by atoms with Crippen LogP contribution in [-0.2, 0) is 4.74 Å². The van der Waals surface area contributed by atoms with Crippen LogP contribution in [0.2, 0.25) is 5.02 Å². The zero-order valence-corrected chi connectivity index (χ0v) is 8.95. The van der Waals surface area contributed by atoms with E-state index in [2.05, 4.69) is 4.74 Å². The Balaban J connectivity index is 2.42. The van der Waals surface area contributed by atoms with E-state index in [1.807, 2.05) is 0 Å². The SMILES string of the molecule is COC(=O)c1cc(Cl)c(C2CC2)[n+]([O-])c1. The molecule has 80 valence electrons. The van der Waals surface area contributed by atoms with Gasteiger partial charge < -0.3 is 9.94 Å². The number of methoxy groups -OCH3 is 1. The number of ether oxygens (including phenoxy) is 1. The van der Waals surface area contributed by atoms with E-state index in [9.17, 15) is 10.0 Å². The van der Waals surface area contributed by atoms with Crippen molar-refractivity contribution in [2.24, 2.45) is 0 Å². The smallest absolute Gasteiger partial charge is 0.344 e. The summed E-state index contributed by atoms with van der Waals surface area (Å²) < 4.78 is 5.19. The first-order valence-electron chi connectivity index (χ1n) is 4.64. The highest BCUT2D eigenvalue weighted by Crippen LogP contribution is 2.41. The lowest BCUT2D eigenvalue weighted by molar-refractivity contribution is -0.614. The molecule has 0 unspecified atom stereocenters. The van der Waals surface area contributed by atoms with E-state index in [1.165, 1.54) is 19.4 Å². The Labute approximate surface area is 92.0 Å². The molecule has 1 aromatic rings. The molecule has 0 spiro atoms. The van der Waals surface area contributed by atoms with Gasteiger partial charge in [-0.1, -0.05) is 11.6 Å². The predicted molar refractivity (Wildman–Crippen MR) is 53.7 cm³/mol. The lowest BCUT2D eigenvalue weighted by Gasteiger charge is -2.06. The third kappa shape index (κ3) is 1.90. The van der Waals surface area contributed by atoms with Crippen LogP contribution in [0.15, 0.2) is 12.3 Å². The van der Waals surface area contributed by atoms with E-state index in [0.29, 0.717) is 15.4 Å². The van der Waals surface area contributed by atoms with Crippen molar-refractivity contribution in [1.82, 2.24) is 0 Å². The van der Waals surface area contributed by atoms with Gasteiger partial charge in [-0.3, -0.25) is 0 Å². The first kappa shape index (κ1) is 10.2. The van der Waals surface area contributed by atoms with Crippen molar-refractivity contribution in [3.05, 3.63) is 33.8 Å². The Hall–Kier alpha value is -1.29. The summed E-state index contributed by atoms with van der Waals surface area (Å²) in [4.78, 5) is 11.2. The minimum absolute atomic E-state index is 0.182. The van der Waals surface area contributed by atoms with Crippen LogP contribution in [0.5, 0.6) is 0 Å². The Kier molecular flexibility index (Phi) is 2.52. The molecule has 0 saturated heterocycles. The highest BCUT2D eigenvalue weighted by molar-refractivity contribution is 6.31. The fourth-order valence-electron chi connectivity index (χ4n) is 1.51. The summed E-state index contributed by atoms with van der Waals surface area (Å²) in [6, 6.07) is 1.48. The van der Waals surface area contributed by atoms with Crippen LogP contribution < -0.4 is 4.73 Å². The molecule has 0 N–H and O–H groups in total. The van der Waals surface area contributed by atoms with Gasteiger partial charge in [0.2, 0.25) is 5.69 Å². The Morgan fingerprint density at radius 2 is 2.33 bits per heavy atom. The van der Waals surface area contributed by atoms with Crippen molar-refractivity contribution in [2.75, 3.05) is 7.11 Å². The van der Waals surface area contributed by atoms with Crippen molar-refractivity contribution < 1.29 is 14.3 Å². The fourth-order valence-corrected chi connectivity index (χ4v) is 1.87. The monoisotopic (exact) mass is 227 g/mol. The van der Waals surface area contributed by atoms with Crippen molar-refractivity contribution in [1.29, 1.82) is 0 Å². The topological polar surface area (TPSA) is 53.2 Å². The van der Waals surface area contributed by atoms with Gasteiger partial charge in [0.1, 0.15) is 10.6 Å². The molecule has 4 nitrogen and oxygen atoms in total. The fraction of sp³-hybridized carbons (Fsp3) is 0.400. The lowest BCUT2D eigenvalue weighted by Crippen LogP contribution is -2.33. The molecule has 0 amide bonds. The number of carbonyl (C=O) groups is 1. The third-order valence-corrected chi connectivity index (χ3v) is 2.71. The van der Waals surface area contributed by atoms with Crippen LogP contribution in [0.3, 0.4) is 0 Å². The van der Waals surface area contributed by atoms with Crippen molar-refractivity contribution in [2.45, 2.75) is 18.8 Å². The molecule has 1 fully saturated rings. The molecule has 1 aliphatic rings. The van der Waals surface area contributed by atoms with Gasteiger partial charge in [-0.15, -0.1) is 0 Å². The van der Waals surface area contributed by atoms with E-state index < -0.39 is 5.97 Å². The quantitative estimate of drug-likeness (QED) is 0.438. The number of hydrogen-bond acceptors (Lipinski definition) is 3. The summed E-state index contributed by atoms with van der Waals surface area (Å²) in [7, 11) is 1.26. The Morgan fingerprint density at radius 1 is 1.67 bits per heavy atom. The Morgan fingerprint density at radius 3 is 2.80 bits per heavy atom. The van der Waals surface area contributed by atoms with Gasteiger partial charge in [-0.05, 0) is 18.9 Å². The molecule has 1 saturated carbocycles. The maximum absolute atomic E-state index is 11.6. The van der Waals surface area contributed by atoms with Crippen LogP contribution in [0, 0.1) is 5.21 Å². The maximum atomic E-state index is 11.6. The van der Waals surface area contributed by atoms with Gasteiger partial charge in [0.25, 0.3) is 0 Å². The van der Waals surface area contributed by atoms with E-state index in [0.717, 1.165) is 12.8 Å². The zero-order chi connectivity index (χ0) is 11.0. The lowest BCUT2D eigenvalue weighted by atomic mass is 10.2. The Bertz CT molecular complexity index is 392. The van der Waals surface area contributed by atoms with Gasteiger partial charge in [-0.2, -0.15) is 4.73 Å². The average molecular weight is 228 g/mol. The van der Waals surface area contributed by atoms with Crippen molar-refractivity contribution in [3.8, 4) is 0 Å². The average Bonchev–Trinajstić information content (AvgIpc) is 2.99. The van der Waals surface area contributed by atoms with E-state index in [4.69, 9.17) is 11.6 Å². The van der Waals surface area contributed by atoms with Gasteiger partial charge in [0.05, 0.1) is 7.11 Å². The minimum atomic E-state index is -0.552. The molecule has 1 aliphatic carbocycles. The van der Waals surface area contributed by atoms with E-state index in [1.54, 1.807) is 0 Å². The number of hydrogen-bond donors (Lipinski definition) is 0. The molecular weight excluding hydrogens is 218 g/mol. The second kappa shape index (κ2) is 3.70. The van der Waals surface area contributed by atoms with Gasteiger partial charge >= 0.3 is 5.97 Å². The largest absolute Gasteiger partial charge is 0.618 e. The second-order valence-corrected chi connectivity index (χ2v) is 3.96. The van der Waals surface area contributed by atoms with Crippen molar-refractivity contribution >= 4 is 17.6 Å². The second-order valence-electron chi connectivity index (χ2n) is 3.55. The molecular formula is C10H10ClNO3. The molecule has 2 rings (SSSR count). The third-order valence-electron chi connectivity index (χ3n) is 2.41. The summed E-state index contributed by atoms with van der Waals surface area (Å²) in [6.07, 6.45) is 3.18. The van der Waals surface area contributed by atoms with Crippen LogP contribution >= 0.6 is 11.6 Å². The highest BCUT2D eigenvalue weighted by Gasteiger charge is 2.34. The number of aromatic nitrogens is 1. The number of pyridine rings is 1. The molecule has 1 heterocycles. The molecule has 0 atom stereocenters. The summed E-state index contributed by atoms with van der Waals surface area (Å²) >= 11 is 5.94. The standard InChI is InChI=1S/C10H10ClNO3/c1-15-10(13)7-4-8(11)9(6-2-3-6)12(14)5-7/h4-6H,2-3H2,1H3. The van der Waals surface area contributed by atoms with Gasteiger partial charge in [0.15, 0.2) is 6.20 Å². The summed E-state index contributed by atoms with van der Waals surface area (Å²) in [5.41, 5.74) is 0.742. The summed E-state index contributed by atoms with van der Waals surface area (Å²) in [5, 5.41) is 11.9. The first-order valence-corrected chi connectivity index (χ1v) is 5.02. The zero-order valence-electron chi connectivity index (χ0n) is 8.20. The predicted octanol–water partition coefficient (Wildman–Crippen LogP) is 1.64. The number of rotatable bonds is 2. The summed E-state index contributed by atoms with van der Waals surface area (Å²) in [6.45, 7) is 0.